The van der Waals surface area contributed by atoms with Gasteiger partial charge in [-0.1, -0.05) is 72.9 Å². The van der Waals surface area contributed by atoms with Crippen LogP contribution in [0.4, 0.5) is 0 Å². The van der Waals surface area contributed by atoms with Crippen molar-refractivity contribution in [1.29, 1.82) is 0 Å². The van der Waals surface area contributed by atoms with Gasteiger partial charge in [-0.05, 0) is 52.0 Å². The Labute approximate surface area is 238 Å². The highest BCUT2D eigenvalue weighted by molar-refractivity contribution is 5.78. The van der Waals surface area contributed by atoms with Gasteiger partial charge >= 0.3 is 23.9 Å². The van der Waals surface area contributed by atoms with Gasteiger partial charge in [-0.3, -0.25) is 19.2 Å². The molecule has 2 unspecified atom stereocenters. The van der Waals surface area contributed by atoms with Crippen LogP contribution in [0.15, 0.2) is 97.2 Å². The summed E-state index contributed by atoms with van der Waals surface area (Å²) in [5, 5.41) is 0. The first-order chi connectivity index (χ1) is 18.9. The lowest BCUT2D eigenvalue weighted by Crippen LogP contribution is -2.26. The number of hydrogen-bond donors (Lipinski definition) is 0. The van der Waals surface area contributed by atoms with Gasteiger partial charge in [0.2, 0.25) is 0 Å². The number of hydrogen-bond acceptors (Lipinski definition) is 8. The van der Waals surface area contributed by atoms with Crippen molar-refractivity contribution in [1.82, 2.24) is 0 Å². The van der Waals surface area contributed by atoms with Gasteiger partial charge in [0.15, 0.2) is 0 Å². The zero-order valence-electron chi connectivity index (χ0n) is 24.1. The van der Waals surface area contributed by atoms with Crippen LogP contribution in [0, 0.1) is 0 Å². The van der Waals surface area contributed by atoms with Gasteiger partial charge in [0.1, 0.15) is 25.4 Å². The molecule has 8 nitrogen and oxygen atoms in total. The minimum absolute atomic E-state index is 0.0594. The summed E-state index contributed by atoms with van der Waals surface area (Å²) in [6.07, 6.45) is 10.0. The Morgan fingerprint density at radius 3 is 1.38 bits per heavy atom. The monoisotopic (exact) mass is 554 g/mol. The van der Waals surface area contributed by atoms with Crippen LogP contribution >= 0.6 is 0 Å². The second kappa shape index (κ2) is 20.7. The molecule has 0 bridgehead atoms. The maximum Gasteiger partial charge on any atom is 0.310 e. The fraction of sp³-hybridized carbons (Fsp3) is 0.375. The van der Waals surface area contributed by atoms with Crippen molar-refractivity contribution in [3.05, 3.63) is 97.2 Å². The molecule has 0 rings (SSSR count). The van der Waals surface area contributed by atoms with Crippen molar-refractivity contribution in [3.63, 3.8) is 0 Å². The van der Waals surface area contributed by atoms with E-state index in [2.05, 4.69) is 26.3 Å². The molecular formula is C32H42O8. The van der Waals surface area contributed by atoms with Crippen LogP contribution in [0.2, 0.25) is 0 Å². The largest absolute Gasteiger partial charge is 0.461 e. The van der Waals surface area contributed by atoms with Crippen LogP contribution in [0.25, 0.3) is 0 Å². The minimum Gasteiger partial charge on any atom is -0.461 e. The molecule has 40 heavy (non-hydrogen) atoms. The lowest BCUT2D eigenvalue weighted by atomic mass is 10.1. The average Bonchev–Trinajstić information content (AvgIpc) is 2.90. The third-order valence-corrected chi connectivity index (χ3v) is 5.32. The van der Waals surface area contributed by atoms with Crippen molar-refractivity contribution < 1.29 is 38.1 Å². The number of carbonyl (C=O) groups is 4. The highest BCUT2D eigenvalue weighted by Gasteiger charge is 2.22. The average molecular weight is 555 g/mol. The number of allylic oxidation sites excluding steroid dienone is 8. The molecule has 0 aliphatic heterocycles. The maximum absolute atomic E-state index is 12.8. The van der Waals surface area contributed by atoms with E-state index in [0.29, 0.717) is 11.1 Å². The van der Waals surface area contributed by atoms with Crippen molar-refractivity contribution in [3.8, 4) is 0 Å². The molecule has 0 saturated heterocycles. The summed E-state index contributed by atoms with van der Waals surface area (Å²) < 4.78 is 21.2. The maximum atomic E-state index is 12.8. The lowest BCUT2D eigenvalue weighted by Gasteiger charge is -2.18. The van der Waals surface area contributed by atoms with Gasteiger partial charge in [0.05, 0.1) is 25.7 Å². The van der Waals surface area contributed by atoms with Crippen molar-refractivity contribution in [2.24, 2.45) is 0 Å². The number of rotatable bonds is 19. The van der Waals surface area contributed by atoms with Crippen molar-refractivity contribution >= 4 is 23.9 Å². The molecule has 0 aromatic rings. The van der Waals surface area contributed by atoms with Gasteiger partial charge < -0.3 is 18.9 Å². The van der Waals surface area contributed by atoms with E-state index < -0.39 is 36.1 Å². The first kappa shape index (κ1) is 35.8. The molecule has 0 amide bonds. The van der Waals surface area contributed by atoms with E-state index in [1.54, 1.807) is 62.5 Å². The quantitative estimate of drug-likeness (QED) is 0.109. The predicted octanol–water partition coefficient (Wildman–Crippen LogP) is 5.99. The molecule has 0 aliphatic rings. The highest BCUT2D eigenvalue weighted by atomic mass is 16.6. The van der Waals surface area contributed by atoms with Gasteiger partial charge in [-0.15, -0.1) is 0 Å². The van der Waals surface area contributed by atoms with Crippen molar-refractivity contribution in [2.75, 3.05) is 13.2 Å². The summed E-state index contributed by atoms with van der Waals surface area (Å²) in [6, 6.07) is 0. The normalized spacial score (nSPS) is 13.8. The van der Waals surface area contributed by atoms with Crippen LogP contribution in [-0.4, -0.2) is 49.3 Å². The Morgan fingerprint density at radius 1 is 0.550 bits per heavy atom. The fourth-order valence-electron chi connectivity index (χ4n) is 2.80. The fourth-order valence-corrected chi connectivity index (χ4v) is 2.80. The van der Waals surface area contributed by atoms with Gasteiger partial charge in [0.25, 0.3) is 0 Å². The second-order valence-corrected chi connectivity index (χ2v) is 8.87. The summed E-state index contributed by atoms with van der Waals surface area (Å²) in [6.45, 7) is 21.8. The van der Waals surface area contributed by atoms with Crippen LogP contribution in [0.1, 0.15) is 53.4 Å². The molecule has 0 radical (unpaired) electrons. The van der Waals surface area contributed by atoms with Crippen LogP contribution in [0.3, 0.4) is 0 Å². The molecule has 2 atom stereocenters. The lowest BCUT2D eigenvalue weighted by molar-refractivity contribution is -0.157. The van der Waals surface area contributed by atoms with Gasteiger partial charge in [-0.25, -0.2) is 0 Å². The number of esters is 4. The molecule has 0 fully saturated rings. The van der Waals surface area contributed by atoms with E-state index in [-0.39, 0.29) is 38.9 Å². The zero-order valence-corrected chi connectivity index (χ0v) is 24.1. The third-order valence-electron chi connectivity index (χ3n) is 5.32. The molecule has 0 N–H and O–H groups in total. The first-order valence-corrected chi connectivity index (χ1v) is 12.8. The number of carbonyl (C=O) groups excluding carboxylic acids is 4. The Balaban J connectivity index is 5.25. The summed E-state index contributed by atoms with van der Waals surface area (Å²) in [5.74, 6) is -2.52. The van der Waals surface area contributed by atoms with Crippen LogP contribution in [0.5, 0.6) is 0 Å². The molecule has 0 spiro atoms. The predicted molar refractivity (Wildman–Crippen MR) is 156 cm³/mol. The van der Waals surface area contributed by atoms with Crippen molar-refractivity contribution in [2.45, 2.75) is 65.6 Å². The molecule has 0 saturated carbocycles. The van der Waals surface area contributed by atoms with E-state index in [4.69, 9.17) is 18.9 Å². The van der Waals surface area contributed by atoms with Crippen LogP contribution in [-0.2, 0) is 38.1 Å². The third kappa shape index (κ3) is 18.1. The molecule has 0 aromatic carbocycles. The standard InChI is InChI=1S/C32H42O8/c1-9-23(5)15-17-37-29(33)13-14-30(34)39-28(20-26(8)12-4)22-32(36)40-27(19-25(7)11-3)21-31(35)38-18-16-24(6)10-2/h9-12,15-16,19-20,27-28H,1-4,13-14,17-18,21-22H2,5-8H3. The first-order valence-electron chi connectivity index (χ1n) is 12.8. The second-order valence-electron chi connectivity index (χ2n) is 8.87. The smallest absolute Gasteiger partial charge is 0.310 e. The summed E-state index contributed by atoms with van der Waals surface area (Å²) in [7, 11) is 0. The SMILES string of the molecule is C=CC(C)=CCOC(=O)CCC(=O)OC(C=C(C)C=C)CC(=O)OC(C=C(C)C=C)CC(=O)OCC=C(C)C=C. The van der Waals surface area contributed by atoms with Gasteiger partial charge in [0, 0.05) is 0 Å². The number of ether oxygens (including phenoxy) is 4. The van der Waals surface area contributed by atoms with Gasteiger partial charge in [-0.2, -0.15) is 0 Å². The molecule has 0 heterocycles. The Bertz CT molecular complexity index is 1050. The molecule has 0 aliphatic carbocycles. The Morgan fingerprint density at radius 2 is 0.925 bits per heavy atom. The molecule has 218 valence electrons. The minimum atomic E-state index is -0.976. The van der Waals surface area contributed by atoms with E-state index in [1.165, 1.54) is 0 Å². The summed E-state index contributed by atoms with van der Waals surface area (Å²) in [5.41, 5.74) is 3.07. The topological polar surface area (TPSA) is 105 Å². The molecule has 0 aromatic heterocycles. The molecular weight excluding hydrogens is 512 g/mol. The van der Waals surface area contributed by atoms with E-state index in [9.17, 15) is 19.2 Å². The zero-order chi connectivity index (χ0) is 30.5. The Kier molecular flexibility index (Phi) is 18.5. The highest BCUT2D eigenvalue weighted by Crippen LogP contribution is 2.14. The van der Waals surface area contributed by atoms with E-state index in [0.717, 1.165) is 11.1 Å². The summed E-state index contributed by atoms with van der Waals surface area (Å²) in [4.78, 5) is 49.4. The summed E-state index contributed by atoms with van der Waals surface area (Å²) >= 11 is 0. The van der Waals surface area contributed by atoms with Crippen LogP contribution < -0.4 is 0 Å². The molecule has 8 heteroatoms. The van der Waals surface area contributed by atoms with E-state index in [1.807, 2.05) is 13.8 Å². The Hall–Kier alpha value is -4.20. The van der Waals surface area contributed by atoms with E-state index >= 15 is 0 Å².